The number of fused-ring (bicyclic) bond motifs is 4. The van der Waals surface area contributed by atoms with Gasteiger partial charge < -0.3 is 14.6 Å². The number of halogens is 3. The maximum atomic E-state index is 13.3. The van der Waals surface area contributed by atoms with E-state index in [0.29, 0.717) is 0 Å². The summed E-state index contributed by atoms with van der Waals surface area (Å²) < 4.78 is 44.5. The summed E-state index contributed by atoms with van der Waals surface area (Å²) >= 11 is 0. The third-order valence-electron chi connectivity index (χ3n) is 6.15. The van der Waals surface area contributed by atoms with Crippen molar-refractivity contribution >= 4 is 22.3 Å². The number of benzene rings is 4. The molecule has 5 aromatic rings. The highest BCUT2D eigenvalue weighted by molar-refractivity contribution is 5.93. The lowest BCUT2D eigenvalue weighted by Gasteiger charge is -2.40. The summed E-state index contributed by atoms with van der Waals surface area (Å²) in [7, 11) is 0. The molecule has 0 aliphatic carbocycles. The van der Waals surface area contributed by atoms with E-state index in [9.17, 15) is 13.2 Å². The molecule has 1 aliphatic rings. The van der Waals surface area contributed by atoms with Gasteiger partial charge in [0.05, 0.1) is 17.4 Å². The number of hydrogen-bond donors (Lipinski definition) is 1. The van der Waals surface area contributed by atoms with Crippen molar-refractivity contribution in [3.8, 4) is 16.9 Å². The maximum absolute atomic E-state index is 13.3. The van der Waals surface area contributed by atoms with Crippen molar-refractivity contribution in [2.45, 2.75) is 12.4 Å². The Hall–Kier alpha value is -4.19. The van der Waals surface area contributed by atoms with Crippen LogP contribution in [0.3, 0.4) is 0 Å². The molecule has 0 fully saturated rings. The number of ether oxygens (including phenoxy) is 1. The van der Waals surface area contributed by atoms with Crippen LogP contribution >= 0.6 is 0 Å². The highest BCUT2D eigenvalue weighted by Crippen LogP contribution is 2.53. The lowest BCUT2D eigenvalue weighted by molar-refractivity contribution is -0.274. The third-order valence-corrected chi connectivity index (χ3v) is 6.15. The predicted octanol–water partition coefficient (Wildman–Crippen LogP) is 7.77. The molecule has 167 valence electrons. The fraction of sp³-hybridized carbons (Fsp3) is 0.0714. The Kier molecular flexibility index (Phi) is 4.62. The van der Waals surface area contributed by atoms with E-state index in [2.05, 4.69) is 21.9 Å². The second-order valence-corrected chi connectivity index (χ2v) is 8.10. The average Bonchev–Trinajstić information content (AvgIpc) is 3.27. The summed E-state index contributed by atoms with van der Waals surface area (Å²) in [6, 6.07) is 30.7. The molecule has 6 heteroatoms. The van der Waals surface area contributed by atoms with Gasteiger partial charge in [-0.1, -0.05) is 72.8 Å². The maximum Gasteiger partial charge on any atom is 0.573 e. The van der Waals surface area contributed by atoms with Gasteiger partial charge in [0, 0.05) is 34.3 Å². The van der Waals surface area contributed by atoms with Crippen LogP contribution in [0.5, 0.6) is 5.75 Å². The molecule has 34 heavy (non-hydrogen) atoms. The van der Waals surface area contributed by atoms with E-state index in [-0.39, 0.29) is 11.4 Å². The van der Waals surface area contributed by atoms with E-state index >= 15 is 0 Å². The first-order valence-corrected chi connectivity index (χ1v) is 10.8. The minimum absolute atomic E-state index is 0.219. The van der Waals surface area contributed by atoms with Crippen molar-refractivity contribution in [2.75, 3.05) is 4.90 Å². The molecule has 1 N–H and O–H groups in total. The van der Waals surface area contributed by atoms with Crippen molar-refractivity contribution in [3.63, 3.8) is 0 Å². The number of para-hydroxylation sites is 3. The van der Waals surface area contributed by atoms with Crippen LogP contribution in [-0.4, -0.2) is 11.3 Å². The smallest absolute Gasteiger partial charge is 0.404 e. The summed E-state index contributed by atoms with van der Waals surface area (Å²) in [5.41, 5.74) is 5.87. The van der Waals surface area contributed by atoms with Gasteiger partial charge in [0.25, 0.3) is 0 Å². The van der Waals surface area contributed by atoms with Crippen LogP contribution in [0.25, 0.3) is 22.0 Å². The van der Waals surface area contributed by atoms with Gasteiger partial charge in [-0.05, 0) is 29.3 Å². The molecule has 6 rings (SSSR count). The minimum atomic E-state index is -4.83. The Morgan fingerprint density at radius 2 is 1.53 bits per heavy atom. The van der Waals surface area contributed by atoms with E-state index in [0.717, 1.165) is 38.8 Å². The Labute approximate surface area is 194 Å². The van der Waals surface area contributed by atoms with Crippen molar-refractivity contribution in [1.82, 2.24) is 4.98 Å². The molecule has 1 atom stereocenters. The number of nitrogens with zero attached hydrogens (tertiary/aromatic N) is 1. The zero-order valence-electron chi connectivity index (χ0n) is 17.8. The van der Waals surface area contributed by atoms with Gasteiger partial charge in [0.1, 0.15) is 0 Å². The van der Waals surface area contributed by atoms with Crippen LogP contribution in [0.1, 0.15) is 17.2 Å². The van der Waals surface area contributed by atoms with E-state index < -0.39 is 12.4 Å². The van der Waals surface area contributed by atoms with Gasteiger partial charge in [-0.25, -0.2) is 0 Å². The number of H-pyrrole nitrogens is 1. The van der Waals surface area contributed by atoms with Crippen LogP contribution in [0.15, 0.2) is 97.2 Å². The van der Waals surface area contributed by atoms with Crippen LogP contribution in [0.2, 0.25) is 0 Å². The highest BCUT2D eigenvalue weighted by Gasteiger charge is 2.38. The average molecular weight is 455 g/mol. The summed E-state index contributed by atoms with van der Waals surface area (Å²) in [6.45, 7) is 0. The molecular formula is C28H18F3N2O. The largest absolute Gasteiger partial charge is 0.573 e. The number of anilines is 2. The lowest BCUT2D eigenvalue weighted by atomic mass is 9.84. The van der Waals surface area contributed by atoms with E-state index in [1.54, 1.807) is 6.07 Å². The molecule has 2 heterocycles. The quantitative estimate of drug-likeness (QED) is 0.301. The van der Waals surface area contributed by atoms with Crippen LogP contribution in [0.4, 0.5) is 24.5 Å². The van der Waals surface area contributed by atoms with Crippen molar-refractivity contribution in [1.29, 1.82) is 0 Å². The summed E-state index contributed by atoms with van der Waals surface area (Å²) in [5, 5.41) is 1.00. The lowest BCUT2D eigenvalue weighted by Crippen LogP contribution is -2.30. The van der Waals surface area contributed by atoms with Gasteiger partial charge in [-0.3, -0.25) is 0 Å². The topological polar surface area (TPSA) is 28.3 Å². The van der Waals surface area contributed by atoms with Gasteiger partial charge >= 0.3 is 6.36 Å². The molecule has 0 saturated heterocycles. The SMILES string of the molecule is FC(F)(F)Oc1ccc[c]c1N1c2ccccc2-c2ccccc2C1c1c[nH]c2ccccc12. The first-order chi connectivity index (χ1) is 16.5. The Bertz CT molecular complexity index is 1510. The predicted molar refractivity (Wildman–Crippen MR) is 126 cm³/mol. The molecule has 0 spiro atoms. The van der Waals surface area contributed by atoms with Crippen molar-refractivity contribution in [2.24, 2.45) is 0 Å². The number of alkyl halides is 3. The normalized spacial score (nSPS) is 15.1. The standard InChI is InChI=1S/C28H18F3N2O/c29-28(30,31)34-26-16-8-7-15-25(26)33-24-14-6-4-11-20(24)18-9-1-2-12-21(18)27(33)22-17-32-23-13-5-3-10-19(22)23/h1-14,16-17,27,32H. The van der Waals surface area contributed by atoms with Crippen LogP contribution in [0, 0.1) is 6.07 Å². The third kappa shape index (κ3) is 3.30. The second kappa shape index (κ2) is 7.70. The zero-order chi connectivity index (χ0) is 23.3. The molecule has 1 radical (unpaired) electrons. The first-order valence-electron chi connectivity index (χ1n) is 10.8. The molecule has 1 unspecified atom stereocenters. The van der Waals surface area contributed by atoms with Gasteiger partial charge in [0.15, 0.2) is 5.75 Å². The van der Waals surface area contributed by atoms with E-state index in [1.165, 1.54) is 12.1 Å². The van der Waals surface area contributed by atoms with E-state index in [1.807, 2.05) is 77.8 Å². The molecule has 1 aliphatic heterocycles. The molecule has 0 saturated carbocycles. The highest BCUT2D eigenvalue weighted by atomic mass is 19.4. The fourth-order valence-electron chi connectivity index (χ4n) is 4.85. The van der Waals surface area contributed by atoms with Crippen molar-refractivity contribution in [3.05, 3.63) is 114 Å². The van der Waals surface area contributed by atoms with Gasteiger partial charge in [-0.15, -0.1) is 13.2 Å². The second-order valence-electron chi connectivity index (χ2n) is 8.10. The van der Waals surface area contributed by atoms with Crippen molar-refractivity contribution < 1.29 is 17.9 Å². The molecular weight excluding hydrogens is 437 g/mol. The summed E-state index contributed by atoms with van der Waals surface area (Å²) in [6.07, 6.45) is -2.90. The fourth-order valence-corrected chi connectivity index (χ4v) is 4.85. The van der Waals surface area contributed by atoms with Crippen LogP contribution < -0.4 is 9.64 Å². The van der Waals surface area contributed by atoms with E-state index in [4.69, 9.17) is 0 Å². The zero-order valence-corrected chi connectivity index (χ0v) is 17.8. The number of aromatic amines is 1. The molecule has 0 bridgehead atoms. The molecule has 4 aromatic carbocycles. The van der Waals surface area contributed by atoms with Crippen LogP contribution in [-0.2, 0) is 0 Å². The number of rotatable bonds is 3. The Morgan fingerprint density at radius 3 is 2.38 bits per heavy atom. The number of nitrogens with one attached hydrogen (secondary N) is 1. The first kappa shape index (κ1) is 20.4. The van der Waals surface area contributed by atoms with Gasteiger partial charge in [0.2, 0.25) is 0 Å². The molecule has 0 amide bonds. The summed E-state index contributed by atoms with van der Waals surface area (Å²) in [5.74, 6) is -0.297. The molecule has 3 nitrogen and oxygen atoms in total. The summed E-state index contributed by atoms with van der Waals surface area (Å²) in [4.78, 5) is 5.21. The van der Waals surface area contributed by atoms with Gasteiger partial charge in [-0.2, -0.15) is 0 Å². The number of hydrogen-bond acceptors (Lipinski definition) is 2. The number of aromatic nitrogens is 1. The minimum Gasteiger partial charge on any atom is -0.404 e. The molecule has 1 aromatic heterocycles. The Balaban J connectivity index is 1.67. The Morgan fingerprint density at radius 1 is 0.794 bits per heavy atom. The monoisotopic (exact) mass is 455 g/mol.